The molecule has 0 aliphatic heterocycles. The van der Waals surface area contributed by atoms with E-state index < -0.39 is 27.6 Å². The molecule has 2 aromatic carbocycles. The van der Waals surface area contributed by atoms with Crippen molar-refractivity contribution in [1.29, 1.82) is 0 Å². The largest absolute Gasteiger partial charge is 0.497 e. The normalized spacial score (nSPS) is 13.2. The van der Waals surface area contributed by atoms with E-state index >= 15 is 0 Å². The monoisotopic (exact) mass is 420 g/mol. The van der Waals surface area contributed by atoms with Gasteiger partial charge in [-0.15, -0.1) is 0 Å². The maximum atomic E-state index is 13.3. The third-order valence-electron chi connectivity index (χ3n) is 4.12. The minimum absolute atomic E-state index is 0.0410. The quantitative estimate of drug-likeness (QED) is 0.663. The van der Waals surface area contributed by atoms with Crippen LogP contribution in [0.1, 0.15) is 33.3 Å². The van der Waals surface area contributed by atoms with Gasteiger partial charge >= 0.3 is 0 Å². The second-order valence-corrected chi connectivity index (χ2v) is 9.46. The Morgan fingerprint density at radius 3 is 2.17 bits per heavy atom. The van der Waals surface area contributed by atoms with Gasteiger partial charge in [0.25, 0.3) is 5.91 Å². The molecule has 0 spiro atoms. The third kappa shape index (κ3) is 6.28. The number of hydrogen-bond donors (Lipinski definition) is 1. The summed E-state index contributed by atoms with van der Waals surface area (Å²) in [5.41, 5.74) is 2.53. The topological polar surface area (TPSA) is 84.9 Å². The predicted octanol–water partition coefficient (Wildman–Crippen LogP) is 3.12. The molecule has 1 N–H and O–H groups in total. The molecule has 0 heterocycles. The molecule has 29 heavy (non-hydrogen) atoms. The third-order valence-corrected chi connectivity index (χ3v) is 6.05. The first-order valence-corrected chi connectivity index (χ1v) is 10.7. The Hall–Kier alpha value is -2.42. The number of amides is 1. The highest BCUT2D eigenvalue weighted by Gasteiger charge is 2.34. The Morgan fingerprint density at radius 1 is 1.07 bits per heavy atom. The van der Waals surface area contributed by atoms with Crippen molar-refractivity contribution in [3.63, 3.8) is 0 Å². The Kier molecular flexibility index (Phi) is 7.40. The van der Waals surface area contributed by atoms with Gasteiger partial charge in [-0.25, -0.2) is 13.9 Å². The molecule has 0 unspecified atom stereocenters. The van der Waals surface area contributed by atoms with E-state index in [2.05, 4.69) is 5.48 Å². The molecular formula is C21H28N2O5S. The summed E-state index contributed by atoms with van der Waals surface area (Å²) in [6.07, 6.45) is 0. The summed E-state index contributed by atoms with van der Waals surface area (Å²) in [6, 6.07) is 14.2. The van der Waals surface area contributed by atoms with Crippen LogP contribution >= 0.6 is 0 Å². The molecule has 0 radical (unpaired) electrons. The molecule has 0 aliphatic rings. The number of rotatable bonds is 8. The summed E-state index contributed by atoms with van der Waals surface area (Å²) in [4.78, 5) is 18.0. The van der Waals surface area contributed by atoms with E-state index in [1.165, 1.54) is 26.2 Å². The summed E-state index contributed by atoms with van der Waals surface area (Å²) < 4.78 is 33.0. The van der Waals surface area contributed by atoms with Crippen LogP contribution in [0.25, 0.3) is 0 Å². The van der Waals surface area contributed by atoms with E-state index in [9.17, 15) is 13.2 Å². The van der Waals surface area contributed by atoms with Gasteiger partial charge in [0.2, 0.25) is 10.0 Å². The minimum Gasteiger partial charge on any atom is -0.497 e. The van der Waals surface area contributed by atoms with Crippen LogP contribution in [0.15, 0.2) is 59.5 Å². The Bertz CT molecular complexity index is 906. The first-order chi connectivity index (χ1) is 13.5. The van der Waals surface area contributed by atoms with Gasteiger partial charge in [-0.2, -0.15) is 4.31 Å². The Morgan fingerprint density at radius 2 is 1.66 bits per heavy atom. The highest BCUT2D eigenvalue weighted by atomic mass is 32.2. The first-order valence-electron chi connectivity index (χ1n) is 9.22. The molecule has 8 heteroatoms. The number of nitrogens with zero attached hydrogens (tertiary/aromatic N) is 1. The lowest BCUT2D eigenvalue weighted by molar-refractivity contribution is -0.149. The van der Waals surface area contributed by atoms with Crippen LogP contribution in [0.4, 0.5) is 0 Å². The van der Waals surface area contributed by atoms with Crippen molar-refractivity contribution in [2.75, 3.05) is 7.11 Å². The number of ether oxygens (including phenoxy) is 1. The van der Waals surface area contributed by atoms with Crippen LogP contribution in [0.2, 0.25) is 0 Å². The summed E-state index contributed by atoms with van der Waals surface area (Å²) in [6.45, 7) is 6.93. The van der Waals surface area contributed by atoms with Gasteiger partial charge in [0, 0.05) is 6.54 Å². The molecule has 7 nitrogen and oxygen atoms in total. The van der Waals surface area contributed by atoms with Crippen molar-refractivity contribution in [2.24, 2.45) is 0 Å². The number of hydrogen-bond acceptors (Lipinski definition) is 5. The van der Waals surface area contributed by atoms with Crippen molar-refractivity contribution in [3.8, 4) is 5.75 Å². The molecule has 0 fully saturated rings. The van der Waals surface area contributed by atoms with Crippen LogP contribution in [-0.2, 0) is 26.2 Å². The van der Waals surface area contributed by atoms with E-state index in [4.69, 9.17) is 9.57 Å². The van der Waals surface area contributed by atoms with Gasteiger partial charge in [0.05, 0.1) is 17.6 Å². The van der Waals surface area contributed by atoms with Gasteiger partial charge in [-0.05, 0) is 57.5 Å². The SMILES string of the molecule is COc1ccc(S(=O)(=O)N(Cc2ccccc2)[C@@H](C)C(=O)NOC(C)(C)C)cc1. The number of carbonyl (C=O) groups excluding carboxylic acids is 1. The molecule has 2 rings (SSSR count). The molecule has 1 amide bonds. The molecule has 1 atom stereocenters. The fraction of sp³-hybridized carbons (Fsp3) is 0.381. The molecule has 0 saturated carbocycles. The molecule has 0 aromatic heterocycles. The number of methoxy groups -OCH3 is 1. The van der Waals surface area contributed by atoms with Crippen molar-refractivity contribution in [2.45, 2.75) is 50.8 Å². The number of hydroxylamine groups is 1. The maximum Gasteiger partial charge on any atom is 0.261 e. The van der Waals surface area contributed by atoms with E-state index in [0.717, 1.165) is 9.87 Å². The van der Waals surface area contributed by atoms with Gasteiger partial charge < -0.3 is 4.74 Å². The number of benzene rings is 2. The highest BCUT2D eigenvalue weighted by Crippen LogP contribution is 2.23. The van der Waals surface area contributed by atoms with Crippen molar-refractivity contribution < 1.29 is 22.8 Å². The van der Waals surface area contributed by atoms with Crippen LogP contribution in [0.5, 0.6) is 5.75 Å². The lowest BCUT2D eigenvalue weighted by Crippen LogP contribution is -2.48. The standard InChI is InChI=1S/C21H28N2O5S/c1-16(20(24)22-28-21(2,3)4)23(15-17-9-7-6-8-10-17)29(25,26)19-13-11-18(27-5)12-14-19/h6-14,16H,15H2,1-5H3,(H,22,24)/t16-/m0/s1. The van der Waals surface area contributed by atoms with Gasteiger partial charge in [0.1, 0.15) is 11.8 Å². The van der Waals surface area contributed by atoms with Gasteiger partial charge in [-0.3, -0.25) is 9.63 Å². The summed E-state index contributed by atoms with van der Waals surface area (Å²) in [5.74, 6) is -0.00382. The molecule has 158 valence electrons. The van der Waals surface area contributed by atoms with Crippen molar-refractivity contribution in [1.82, 2.24) is 9.79 Å². The van der Waals surface area contributed by atoms with Crippen LogP contribution in [0.3, 0.4) is 0 Å². The molecule has 2 aromatic rings. The number of carbonyl (C=O) groups is 1. The lowest BCUT2D eigenvalue weighted by Gasteiger charge is -2.29. The highest BCUT2D eigenvalue weighted by molar-refractivity contribution is 7.89. The first kappa shape index (κ1) is 22.9. The fourth-order valence-electron chi connectivity index (χ4n) is 2.50. The molecule has 0 saturated heterocycles. The van der Waals surface area contributed by atoms with E-state index in [1.807, 2.05) is 30.3 Å². The molecular weight excluding hydrogens is 392 g/mol. The predicted molar refractivity (Wildman–Crippen MR) is 111 cm³/mol. The number of nitrogens with one attached hydrogen (secondary N) is 1. The average Bonchev–Trinajstić information content (AvgIpc) is 2.69. The van der Waals surface area contributed by atoms with E-state index in [1.54, 1.807) is 32.9 Å². The van der Waals surface area contributed by atoms with Gasteiger partial charge in [0.15, 0.2) is 0 Å². The van der Waals surface area contributed by atoms with E-state index in [0.29, 0.717) is 5.75 Å². The molecule has 0 bridgehead atoms. The summed E-state index contributed by atoms with van der Waals surface area (Å²) in [7, 11) is -2.45. The van der Waals surface area contributed by atoms with Crippen molar-refractivity contribution in [3.05, 3.63) is 60.2 Å². The summed E-state index contributed by atoms with van der Waals surface area (Å²) >= 11 is 0. The smallest absolute Gasteiger partial charge is 0.261 e. The van der Waals surface area contributed by atoms with E-state index in [-0.39, 0.29) is 11.4 Å². The van der Waals surface area contributed by atoms with Gasteiger partial charge in [-0.1, -0.05) is 30.3 Å². The zero-order chi connectivity index (χ0) is 21.7. The zero-order valence-corrected chi connectivity index (χ0v) is 18.2. The Labute approximate surface area is 172 Å². The van der Waals surface area contributed by atoms with Crippen LogP contribution in [-0.4, -0.2) is 37.4 Å². The zero-order valence-electron chi connectivity index (χ0n) is 17.4. The van der Waals surface area contributed by atoms with Crippen molar-refractivity contribution >= 4 is 15.9 Å². The van der Waals surface area contributed by atoms with Crippen LogP contribution in [0, 0.1) is 0 Å². The second kappa shape index (κ2) is 9.39. The maximum absolute atomic E-state index is 13.3. The molecule has 0 aliphatic carbocycles. The minimum atomic E-state index is -3.96. The lowest BCUT2D eigenvalue weighted by atomic mass is 10.2. The Balaban J connectivity index is 2.36. The van der Waals surface area contributed by atoms with Crippen LogP contribution < -0.4 is 10.2 Å². The fourth-order valence-corrected chi connectivity index (χ4v) is 4.08. The summed E-state index contributed by atoms with van der Waals surface area (Å²) in [5, 5.41) is 0. The second-order valence-electron chi connectivity index (χ2n) is 7.57. The number of sulfonamides is 1. The average molecular weight is 421 g/mol.